The number of piperidine rings is 1. The van der Waals surface area contributed by atoms with Gasteiger partial charge in [-0.3, -0.25) is 0 Å². The zero-order valence-electron chi connectivity index (χ0n) is 14.0. The summed E-state index contributed by atoms with van der Waals surface area (Å²) in [6.45, 7) is 12.4. The van der Waals surface area contributed by atoms with Gasteiger partial charge in [0, 0.05) is 12.6 Å². The molecule has 0 amide bonds. The van der Waals surface area contributed by atoms with Crippen LogP contribution in [-0.4, -0.2) is 37.1 Å². The van der Waals surface area contributed by atoms with E-state index in [-0.39, 0.29) is 0 Å². The second-order valence-corrected chi connectivity index (χ2v) is 7.67. The summed E-state index contributed by atoms with van der Waals surface area (Å²) in [5.41, 5.74) is 0. The smallest absolute Gasteiger partial charge is 0.00978 e. The van der Waals surface area contributed by atoms with Gasteiger partial charge < -0.3 is 10.2 Å². The summed E-state index contributed by atoms with van der Waals surface area (Å²) in [4.78, 5) is 2.68. The second-order valence-electron chi connectivity index (χ2n) is 7.67. The zero-order chi connectivity index (χ0) is 14.4. The normalized spacial score (nSPS) is 30.6. The number of hydrogen-bond donors (Lipinski definition) is 1. The number of rotatable bonds is 6. The maximum atomic E-state index is 3.92. The highest BCUT2D eigenvalue weighted by atomic mass is 15.1. The number of nitrogens with one attached hydrogen (secondary N) is 1. The van der Waals surface area contributed by atoms with Gasteiger partial charge in [0.25, 0.3) is 0 Å². The van der Waals surface area contributed by atoms with Crippen molar-refractivity contribution in [2.24, 2.45) is 17.8 Å². The van der Waals surface area contributed by atoms with Crippen LogP contribution in [0.3, 0.4) is 0 Å². The van der Waals surface area contributed by atoms with Crippen LogP contribution in [0.4, 0.5) is 0 Å². The lowest BCUT2D eigenvalue weighted by atomic mass is 9.77. The summed E-state index contributed by atoms with van der Waals surface area (Å²) < 4.78 is 0. The Morgan fingerprint density at radius 1 is 0.950 bits per heavy atom. The summed E-state index contributed by atoms with van der Waals surface area (Å²) in [5, 5.41) is 3.92. The van der Waals surface area contributed by atoms with Crippen LogP contribution in [0.2, 0.25) is 0 Å². The van der Waals surface area contributed by atoms with Crippen LogP contribution in [0.5, 0.6) is 0 Å². The third kappa shape index (κ3) is 5.04. The van der Waals surface area contributed by atoms with Crippen LogP contribution in [0, 0.1) is 17.8 Å². The molecule has 3 unspecified atom stereocenters. The van der Waals surface area contributed by atoms with Crippen LogP contribution in [0.25, 0.3) is 0 Å². The molecule has 2 heteroatoms. The van der Waals surface area contributed by atoms with Gasteiger partial charge in [-0.05, 0) is 63.1 Å². The standard InChI is InChI=1S/C18H36N2/c1-15(2)17-9-5-6-10-18(17)19-13-16(3)14-20-11-7-4-8-12-20/h15-19H,4-14H2,1-3H3. The Morgan fingerprint density at radius 2 is 1.65 bits per heavy atom. The third-order valence-electron chi connectivity index (χ3n) is 5.42. The van der Waals surface area contributed by atoms with Crippen LogP contribution in [0.1, 0.15) is 65.7 Å². The first-order valence-corrected chi connectivity index (χ1v) is 9.12. The molecular weight excluding hydrogens is 244 g/mol. The lowest BCUT2D eigenvalue weighted by molar-refractivity contribution is 0.176. The largest absolute Gasteiger partial charge is 0.313 e. The molecule has 0 aromatic carbocycles. The Bertz CT molecular complexity index is 258. The van der Waals surface area contributed by atoms with Crippen LogP contribution < -0.4 is 5.32 Å². The van der Waals surface area contributed by atoms with E-state index in [0.29, 0.717) is 0 Å². The van der Waals surface area contributed by atoms with Gasteiger partial charge in [-0.15, -0.1) is 0 Å². The SMILES string of the molecule is CC(CNC1CCCCC1C(C)C)CN1CCCCC1. The molecule has 1 saturated carbocycles. The van der Waals surface area contributed by atoms with Crippen molar-refractivity contribution >= 4 is 0 Å². The van der Waals surface area contributed by atoms with Crippen molar-refractivity contribution in [2.75, 3.05) is 26.2 Å². The molecule has 1 saturated heterocycles. The minimum Gasteiger partial charge on any atom is -0.313 e. The molecule has 1 aliphatic carbocycles. The van der Waals surface area contributed by atoms with Crippen molar-refractivity contribution in [1.82, 2.24) is 10.2 Å². The second kappa shape index (κ2) is 8.38. The maximum absolute atomic E-state index is 3.92. The maximum Gasteiger partial charge on any atom is 0.00978 e. The molecule has 0 radical (unpaired) electrons. The Balaban J connectivity index is 1.69. The molecular formula is C18H36N2. The van der Waals surface area contributed by atoms with E-state index < -0.39 is 0 Å². The molecule has 118 valence electrons. The minimum absolute atomic E-state index is 0.785. The highest BCUT2D eigenvalue weighted by Crippen LogP contribution is 2.30. The molecule has 0 spiro atoms. The predicted molar refractivity (Wildman–Crippen MR) is 88.0 cm³/mol. The molecule has 1 heterocycles. The first-order valence-electron chi connectivity index (χ1n) is 9.12. The average Bonchev–Trinajstić information content (AvgIpc) is 2.46. The van der Waals surface area contributed by atoms with Gasteiger partial charge in [0.2, 0.25) is 0 Å². The summed E-state index contributed by atoms with van der Waals surface area (Å²) >= 11 is 0. The molecule has 20 heavy (non-hydrogen) atoms. The van der Waals surface area contributed by atoms with E-state index in [1.165, 1.54) is 71.1 Å². The summed E-state index contributed by atoms with van der Waals surface area (Å²) in [6.07, 6.45) is 10.00. The lowest BCUT2D eigenvalue weighted by Crippen LogP contribution is -2.44. The zero-order valence-corrected chi connectivity index (χ0v) is 14.0. The number of hydrogen-bond acceptors (Lipinski definition) is 2. The molecule has 2 rings (SSSR count). The van der Waals surface area contributed by atoms with E-state index in [9.17, 15) is 0 Å². The van der Waals surface area contributed by atoms with Gasteiger partial charge in [0.05, 0.1) is 0 Å². The van der Waals surface area contributed by atoms with Gasteiger partial charge in [-0.25, -0.2) is 0 Å². The molecule has 0 aromatic rings. The Kier molecular flexibility index (Phi) is 6.83. The minimum atomic E-state index is 0.785. The van der Waals surface area contributed by atoms with Gasteiger partial charge in [0.1, 0.15) is 0 Å². The summed E-state index contributed by atoms with van der Waals surface area (Å²) in [5.74, 6) is 2.54. The van der Waals surface area contributed by atoms with Gasteiger partial charge in [0.15, 0.2) is 0 Å². The molecule has 0 aromatic heterocycles. The van der Waals surface area contributed by atoms with Crippen molar-refractivity contribution in [2.45, 2.75) is 71.8 Å². The molecule has 2 fully saturated rings. The topological polar surface area (TPSA) is 15.3 Å². The van der Waals surface area contributed by atoms with E-state index in [2.05, 4.69) is 31.0 Å². The number of nitrogens with zero attached hydrogens (tertiary/aromatic N) is 1. The molecule has 2 nitrogen and oxygen atoms in total. The van der Waals surface area contributed by atoms with Crippen molar-refractivity contribution < 1.29 is 0 Å². The fourth-order valence-electron chi connectivity index (χ4n) is 4.21. The van der Waals surface area contributed by atoms with Crippen molar-refractivity contribution in [3.05, 3.63) is 0 Å². The Morgan fingerprint density at radius 3 is 2.35 bits per heavy atom. The van der Waals surface area contributed by atoms with E-state index in [1.807, 2.05) is 0 Å². The Hall–Kier alpha value is -0.0800. The van der Waals surface area contributed by atoms with E-state index in [0.717, 1.165) is 23.8 Å². The van der Waals surface area contributed by atoms with E-state index in [1.54, 1.807) is 0 Å². The molecule has 0 bridgehead atoms. The van der Waals surface area contributed by atoms with Crippen molar-refractivity contribution in [1.29, 1.82) is 0 Å². The summed E-state index contributed by atoms with van der Waals surface area (Å²) in [7, 11) is 0. The molecule has 3 atom stereocenters. The van der Waals surface area contributed by atoms with Gasteiger partial charge in [-0.2, -0.15) is 0 Å². The average molecular weight is 281 g/mol. The van der Waals surface area contributed by atoms with Gasteiger partial charge >= 0.3 is 0 Å². The van der Waals surface area contributed by atoms with Crippen LogP contribution >= 0.6 is 0 Å². The van der Waals surface area contributed by atoms with E-state index in [4.69, 9.17) is 0 Å². The first-order chi connectivity index (χ1) is 9.66. The molecule has 2 aliphatic rings. The van der Waals surface area contributed by atoms with Crippen molar-refractivity contribution in [3.8, 4) is 0 Å². The quantitative estimate of drug-likeness (QED) is 0.793. The highest BCUT2D eigenvalue weighted by Gasteiger charge is 2.27. The fraction of sp³-hybridized carbons (Fsp3) is 1.00. The molecule has 1 aliphatic heterocycles. The van der Waals surface area contributed by atoms with Crippen LogP contribution in [-0.2, 0) is 0 Å². The van der Waals surface area contributed by atoms with Crippen LogP contribution in [0.15, 0.2) is 0 Å². The van der Waals surface area contributed by atoms with Gasteiger partial charge in [-0.1, -0.05) is 40.0 Å². The first kappa shape index (κ1) is 16.3. The van der Waals surface area contributed by atoms with E-state index >= 15 is 0 Å². The summed E-state index contributed by atoms with van der Waals surface area (Å²) in [6, 6.07) is 0.785. The van der Waals surface area contributed by atoms with Crippen molar-refractivity contribution in [3.63, 3.8) is 0 Å². The number of likely N-dealkylation sites (tertiary alicyclic amines) is 1. The fourth-order valence-corrected chi connectivity index (χ4v) is 4.21. The Labute approximate surface area is 126 Å². The molecule has 1 N–H and O–H groups in total. The highest BCUT2D eigenvalue weighted by molar-refractivity contribution is 4.83. The lowest BCUT2D eigenvalue weighted by Gasteiger charge is -2.36. The third-order valence-corrected chi connectivity index (χ3v) is 5.42. The monoisotopic (exact) mass is 280 g/mol. The predicted octanol–water partition coefficient (Wildman–Crippen LogP) is 3.91.